The number of morpholine rings is 1. The van der Waals surface area contributed by atoms with Gasteiger partial charge < -0.3 is 14.1 Å². The topological polar surface area (TPSA) is 41.7 Å². The van der Waals surface area contributed by atoms with Gasteiger partial charge in [0.2, 0.25) is 5.89 Å². The maximum atomic E-state index is 13.3. The Bertz CT molecular complexity index is 644. The molecular weight excluding hydrogens is 297 g/mol. The molecule has 3 rings (SSSR count). The summed E-state index contributed by atoms with van der Waals surface area (Å²) < 4.78 is 24.6. The van der Waals surface area contributed by atoms with Gasteiger partial charge in [0.1, 0.15) is 12.1 Å². The summed E-state index contributed by atoms with van der Waals surface area (Å²) in [6, 6.07) is 6.28. The molecule has 1 aromatic heterocycles. The number of ether oxygens (including phenoxy) is 1. The first-order valence-electron chi connectivity index (χ1n) is 7.79. The van der Waals surface area contributed by atoms with Gasteiger partial charge in [-0.05, 0) is 32.3 Å². The van der Waals surface area contributed by atoms with Crippen molar-refractivity contribution in [3.8, 4) is 11.5 Å². The van der Waals surface area contributed by atoms with Gasteiger partial charge in [-0.1, -0.05) is 6.07 Å². The van der Waals surface area contributed by atoms with Gasteiger partial charge in [-0.2, -0.15) is 0 Å². The molecule has 1 fully saturated rings. The maximum Gasteiger partial charge on any atom is 0.226 e. The lowest BCUT2D eigenvalue weighted by Gasteiger charge is -2.33. The van der Waals surface area contributed by atoms with Crippen LogP contribution in [0.15, 0.2) is 34.9 Å². The van der Waals surface area contributed by atoms with Crippen LogP contribution in [0.4, 0.5) is 4.39 Å². The van der Waals surface area contributed by atoms with Gasteiger partial charge in [0.25, 0.3) is 0 Å². The Labute approximate surface area is 135 Å². The minimum atomic E-state index is -0.290. The molecule has 2 heterocycles. The molecule has 0 spiro atoms. The molecule has 5 nitrogen and oxygen atoms in total. The number of likely N-dealkylation sites (N-methyl/N-ethyl adjacent to an activating group) is 1. The van der Waals surface area contributed by atoms with Crippen molar-refractivity contribution in [3.05, 3.63) is 42.0 Å². The van der Waals surface area contributed by atoms with E-state index in [4.69, 9.17) is 9.15 Å². The zero-order chi connectivity index (χ0) is 16.2. The number of rotatable bonds is 5. The number of aromatic nitrogens is 1. The molecule has 1 aromatic carbocycles. The molecule has 0 saturated carbocycles. The van der Waals surface area contributed by atoms with Crippen LogP contribution in [0.2, 0.25) is 0 Å². The van der Waals surface area contributed by atoms with Crippen LogP contribution in [0.1, 0.15) is 5.69 Å². The Morgan fingerprint density at radius 2 is 2.26 bits per heavy atom. The molecule has 0 aliphatic carbocycles. The molecular formula is C17H22FN3O2. The van der Waals surface area contributed by atoms with Gasteiger partial charge in [-0.3, -0.25) is 4.90 Å². The first-order valence-corrected chi connectivity index (χ1v) is 7.79. The largest absolute Gasteiger partial charge is 0.444 e. The Kier molecular flexibility index (Phi) is 5.05. The molecule has 0 N–H and O–H groups in total. The minimum absolute atomic E-state index is 0.216. The molecule has 1 atom stereocenters. The van der Waals surface area contributed by atoms with Crippen LogP contribution >= 0.6 is 0 Å². The Balaban J connectivity index is 1.62. The van der Waals surface area contributed by atoms with Gasteiger partial charge in [0.15, 0.2) is 0 Å². The Morgan fingerprint density at radius 1 is 1.39 bits per heavy atom. The summed E-state index contributed by atoms with van der Waals surface area (Å²) in [5, 5.41) is 0. The first kappa shape index (κ1) is 16.1. The second-order valence-corrected chi connectivity index (χ2v) is 6.14. The van der Waals surface area contributed by atoms with Crippen molar-refractivity contribution < 1.29 is 13.5 Å². The monoisotopic (exact) mass is 319 g/mol. The van der Waals surface area contributed by atoms with E-state index in [0.29, 0.717) is 18.0 Å². The fraction of sp³-hybridized carbons (Fsp3) is 0.471. The average molecular weight is 319 g/mol. The third kappa shape index (κ3) is 4.37. The third-order valence-corrected chi connectivity index (χ3v) is 3.80. The number of hydrogen-bond acceptors (Lipinski definition) is 5. The van der Waals surface area contributed by atoms with Gasteiger partial charge in [0.05, 0.1) is 18.4 Å². The van der Waals surface area contributed by atoms with E-state index in [1.807, 2.05) is 14.1 Å². The highest BCUT2D eigenvalue weighted by Crippen LogP contribution is 2.20. The van der Waals surface area contributed by atoms with Gasteiger partial charge in [0, 0.05) is 31.7 Å². The van der Waals surface area contributed by atoms with Crippen LogP contribution in [0, 0.1) is 5.82 Å². The van der Waals surface area contributed by atoms with Crippen molar-refractivity contribution >= 4 is 0 Å². The number of oxazole rings is 1. The summed E-state index contributed by atoms with van der Waals surface area (Å²) in [6.45, 7) is 4.11. The minimum Gasteiger partial charge on any atom is -0.444 e. The maximum absolute atomic E-state index is 13.3. The van der Waals surface area contributed by atoms with E-state index in [1.54, 1.807) is 18.4 Å². The van der Waals surface area contributed by atoms with Crippen LogP contribution in [0.25, 0.3) is 11.5 Å². The molecule has 1 saturated heterocycles. The first-order chi connectivity index (χ1) is 11.1. The summed E-state index contributed by atoms with van der Waals surface area (Å²) in [5.74, 6) is 0.166. The zero-order valence-corrected chi connectivity index (χ0v) is 13.5. The van der Waals surface area contributed by atoms with Gasteiger partial charge in [-0.15, -0.1) is 0 Å². The number of hydrogen-bond donors (Lipinski definition) is 0. The van der Waals surface area contributed by atoms with E-state index in [2.05, 4.69) is 14.8 Å². The fourth-order valence-corrected chi connectivity index (χ4v) is 2.80. The van der Waals surface area contributed by atoms with Crippen molar-refractivity contribution in [2.75, 3.05) is 40.3 Å². The Morgan fingerprint density at radius 3 is 3.04 bits per heavy atom. The predicted octanol–water partition coefficient (Wildman–Crippen LogP) is 2.24. The van der Waals surface area contributed by atoms with Crippen molar-refractivity contribution in [3.63, 3.8) is 0 Å². The van der Waals surface area contributed by atoms with Crippen LogP contribution < -0.4 is 0 Å². The molecule has 124 valence electrons. The molecule has 0 bridgehead atoms. The van der Waals surface area contributed by atoms with E-state index in [-0.39, 0.29) is 11.9 Å². The summed E-state index contributed by atoms with van der Waals surface area (Å²) in [5.41, 5.74) is 1.51. The average Bonchev–Trinajstić information content (AvgIpc) is 2.95. The highest BCUT2D eigenvalue weighted by atomic mass is 19.1. The summed E-state index contributed by atoms with van der Waals surface area (Å²) in [7, 11) is 4.09. The number of benzene rings is 1. The molecule has 0 radical (unpaired) electrons. The Hall–Kier alpha value is -1.76. The summed E-state index contributed by atoms with van der Waals surface area (Å²) >= 11 is 0. The summed E-state index contributed by atoms with van der Waals surface area (Å²) in [6.07, 6.45) is 1.87. The SMILES string of the molecule is CN(C)CC1CN(Cc2coc(-c3cccc(F)c3)n2)CCO1. The van der Waals surface area contributed by atoms with Gasteiger partial charge in [-0.25, -0.2) is 9.37 Å². The van der Waals surface area contributed by atoms with Crippen molar-refractivity contribution in [2.45, 2.75) is 12.6 Å². The standard InChI is InChI=1S/C17H22FN3O2/c1-20(2)10-16-11-21(6-7-22-16)9-15-12-23-17(19-15)13-4-3-5-14(18)8-13/h3-5,8,12,16H,6-7,9-11H2,1-2H3. The van der Waals surface area contributed by atoms with E-state index in [9.17, 15) is 4.39 Å². The smallest absolute Gasteiger partial charge is 0.226 e. The van der Waals surface area contributed by atoms with Crippen LogP contribution in [0.3, 0.4) is 0 Å². The van der Waals surface area contributed by atoms with Crippen molar-refractivity contribution in [1.29, 1.82) is 0 Å². The highest BCUT2D eigenvalue weighted by Gasteiger charge is 2.22. The normalized spacial score (nSPS) is 19.4. The molecule has 2 aromatic rings. The number of nitrogens with zero attached hydrogens (tertiary/aromatic N) is 3. The number of halogens is 1. The van der Waals surface area contributed by atoms with Gasteiger partial charge >= 0.3 is 0 Å². The van der Waals surface area contributed by atoms with Crippen LogP contribution in [-0.2, 0) is 11.3 Å². The molecule has 1 unspecified atom stereocenters. The molecule has 0 amide bonds. The van der Waals surface area contributed by atoms with Crippen LogP contribution in [-0.4, -0.2) is 61.2 Å². The molecule has 1 aliphatic rings. The molecule has 23 heavy (non-hydrogen) atoms. The highest BCUT2D eigenvalue weighted by molar-refractivity contribution is 5.52. The van der Waals surface area contributed by atoms with E-state index in [1.165, 1.54) is 12.1 Å². The summed E-state index contributed by atoms with van der Waals surface area (Å²) in [4.78, 5) is 8.92. The van der Waals surface area contributed by atoms with E-state index in [0.717, 1.165) is 31.9 Å². The van der Waals surface area contributed by atoms with E-state index >= 15 is 0 Å². The predicted molar refractivity (Wildman–Crippen MR) is 85.5 cm³/mol. The third-order valence-electron chi connectivity index (χ3n) is 3.80. The van der Waals surface area contributed by atoms with Crippen LogP contribution in [0.5, 0.6) is 0 Å². The lowest BCUT2D eigenvalue weighted by molar-refractivity contribution is -0.0410. The van der Waals surface area contributed by atoms with Crippen molar-refractivity contribution in [1.82, 2.24) is 14.8 Å². The zero-order valence-electron chi connectivity index (χ0n) is 13.5. The quantitative estimate of drug-likeness (QED) is 0.845. The lowest BCUT2D eigenvalue weighted by Crippen LogP contribution is -2.46. The lowest BCUT2D eigenvalue weighted by atomic mass is 10.2. The van der Waals surface area contributed by atoms with Crippen molar-refractivity contribution in [2.24, 2.45) is 0 Å². The second-order valence-electron chi connectivity index (χ2n) is 6.14. The molecule has 6 heteroatoms. The fourth-order valence-electron chi connectivity index (χ4n) is 2.80. The molecule has 1 aliphatic heterocycles. The second kappa shape index (κ2) is 7.21. The van der Waals surface area contributed by atoms with E-state index < -0.39 is 0 Å².